The Hall–Kier alpha value is -3.23. The van der Waals surface area contributed by atoms with Crippen LogP contribution in [0.2, 0.25) is 0 Å². The van der Waals surface area contributed by atoms with Crippen LogP contribution < -0.4 is 4.90 Å². The molecule has 2 aliphatic heterocycles. The lowest BCUT2D eigenvalue weighted by atomic mass is 9.93. The third-order valence-corrected chi connectivity index (χ3v) is 6.92. The maximum absolute atomic E-state index is 14.0. The van der Waals surface area contributed by atoms with Gasteiger partial charge in [0.25, 0.3) is 6.43 Å². The van der Waals surface area contributed by atoms with Crippen LogP contribution >= 0.6 is 0 Å². The summed E-state index contributed by atoms with van der Waals surface area (Å²) in [5, 5.41) is 11.7. The molecule has 208 valence electrons. The summed E-state index contributed by atoms with van der Waals surface area (Å²) < 4.78 is 29.6. The van der Waals surface area contributed by atoms with E-state index in [-0.39, 0.29) is 5.56 Å². The topological polar surface area (TPSA) is 70.1 Å². The third kappa shape index (κ3) is 6.60. The number of unbranched alkanes of at least 4 members (excludes halogenated alkanes) is 3. The minimum absolute atomic E-state index is 0.00688. The highest BCUT2D eigenvalue weighted by atomic mass is 19.3. The molecular weight excluding hydrogens is 486 g/mol. The van der Waals surface area contributed by atoms with Crippen molar-refractivity contribution in [3.63, 3.8) is 0 Å². The fraction of sp³-hybridized carbons (Fsp3) is 0.552. The first kappa shape index (κ1) is 29.3. The number of H-pyrrole nitrogens is 1. The maximum Gasteiger partial charge on any atom is 0.264 e. The van der Waals surface area contributed by atoms with E-state index in [1.165, 1.54) is 25.7 Å². The Bertz CT molecular complexity index is 1170. The van der Waals surface area contributed by atoms with Gasteiger partial charge in [-0.1, -0.05) is 53.4 Å². The molecule has 3 aromatic rings. The summed E-state index contributed by atoms with van der Waals surface area (Å²) in [6, 6.07) is 3.47. The summed E-state index contributed by atoms with van der Waals surface area (Å²) in [6.45, 7) is 10.3. The Morgan fingerprint density at radius 1 is 1.11 bits per heavy atom. The number of alkyl halides is 2. The molecule has 4 heterocycles. The monoisotopic (exact) mass is 528 g/mol. The average molecular weight is 529 g/mol. The van der Waals surface area contributed by atoms with Crippen LogP contribution in [-0.2, 0) is 31.2 Å². The van der Waals surface area contributed by atoms with Crippen LogP contribution in [0.15, 0.2) is 24.5 Å². The first-order valence-corrected chi connectivity index (χ1v) is 13.9. The predicted octanol–water partition coefficient (Wildman–Crippen LogP) is 6.96. The number of hydrogen-bond donors (Lipinski definition) is 1. The summed E-state index contributed by atoms with van der Waals surface area (Å²) in [4.78, 5) is 15.0. The molecule has 38 heavy (non-hydrogen) atoms. The second-order valence-electron chi connectivity index (χ2n) is 9.56. The molecule has 7 nitrogen and oxygen atoms in total. The highest BCUT2D eigenvalue weighted by molar-refractivity contribution is 5.77. The molecule has 0 unspecified atom stereocenters. The molecule has 1 amide bonds. The fourth-order valence-electron chi connectivity index (χ4n) is 4.97. The number of benzene rings is 1. The Kier molecular flexibility index (Phi) is 10.9. The van der Waals surface area contributed by atoms with Gasteiger partial charge in [0.15, 0.2) is 5.82 Å². The molecule has 5 rings (SSSR count). The van der Waals surface area contributed by atoms with E-state index in [4.69, 9.17) is 0 Å². The number of aromatic amines is 1. The van der Waals surface area contributed by atoms with Gasteiger partial charge in [0.05, 0.1) is 12.7 Å². The second-order valence-corrected chi connectivity index (χ2v) is 9.56. The molecule has 2 aromatic heterocycles. The number of nitrogens with zero attached hydrogens (tertiary/aromatic N) is 5. The van der Waals surface area contributed by atoms with Crippen molar-refractivity contribution in [1.82, 2.24) is 24.9 Å². The molecule has 0 spiro atoms. The molecule has 0 saturated heterocycles. The van der Waals surface area contributed by atoms with Crippen LogP contribution in [0.4, 0.5) is 20.3 Å². The summed E-state index contributed by atoms with van der Waals surface area (Å²) in [5.41, 5.74) is 4.97. The van der Waals surface area contributed by atoms with Gasteiger partial charge in [0, 0.05) is 60.8 Å². The summed E-state index contributed by atoms with van der Waals surface area (Å²) in [6.07, 6.45) is 9.58. The molecule has 9 heteroatoms. The Balaban J connectivity index is 0.000000443. The molecular formula is C29H42F2N6O. The third-order valence-electron chi connectivity index (χ3n) is 6.92. The van der Waals surface area contributed by atoms with Gasteiger partial charge in [-0.25, -0.2) is 8.78 Å². The van der Waals surface area contributed by atoms with Crippen LogP contribution in [0.5, 0.6) is 0 Å². The van der Waals surface area contributed by atoms with Gasteiger partial charge in [0.1, 0.15) is 0 Å². The number of aromatic nitrogens is 4. The zero-order chi connectivity index (χ0) is 27.7. The van der Waals surface area contributed by atoms with E-state index in [0.717, 1.165) is 47.6 Å². The lowest BCUT2D eigenvalue weighted by molar-refractivity contribution is -0.118. The number of halogens is 2. The maximum atomic E-state index is 14.0. The van der Waals surface area contributed by atoms with Crippen molar-refractivity contribution in [3.05, 3.63) is 46.9 Å². The number of hydrogen-bond acceptors (Lipinski definition) is 4. The van der Waals surface area contributed by atoms with Gasteiger partial charge in [-0.2, -0.15) is 10.2 Å². The van der Waals surface area contributed by atoms with Crippen molar-refractivity contribution in [3.8, 4) is 11.1 Å². The van der Waals surface area contributed by atoms with Gasteiger partial charge < -0.3 is 9.80 Å². The highest BCUT2D eigenvalue weighted by Crippen LogP contribution is 2.42. The molecule has 0 saturated carbocycles. The molecule has 0 fully saturated rings. The van der Waals surface area contributed by atoms with E-state index in [9.17, 15) is 13.6 Å². The second kappa shape index (κ2) is 14.1. The van der Waals surface area contributed by atoms with Gasteiger partial charge >= 0.3 is 0 Å². The first-order valence-electron chi connectivity index (χ1n) is 13.9. The predicted molar refractivity (Wildman–Crippen MR) is 149 cm³/mol. The van der Waals surface area contributed by atoms with Crippen LogP contribution in [0.3, 0.4) is 0 Å². The standard InChI is InChI=1S/C21H22F2N6O.C6H14.C2H6/c1-27-10-14(9-24-27)15-7-13-3-2-5-29(19(13)8-16(15)20(22)23)21-17-11-28(12-30)6-4-18(17)25-26-21;1-3-5-6-4-2;1-2/h7-10,12,20H,2-6,11H2,1H3,(H,25,26);3-6H2,1-2H3;1-2H3. The molecule has 2 aliphatic rings. The van der Waals surface area contributed by atoms with Crippen molar-refractivity contribution in [1.29, 1.82) is 0 Å². The quantitative estimate of drug-likeness (QED) is 0.266. The van der Waals surface area contributed by atoms with E-state index in [1.807, 2.05) is 24.8 Å². The normalized spacial score (nSPS) is 14.2. The molecule has 0 atom stereocenters. The van der Waals surface area contributed by atoms with Crippen molar-refractivity contribution in [2.75, 3.05) is 18.0 Å². The number of fused-ring (bicyclic) bond motifs is 2. The molecule has 1 N–H and O–H groups in total. The van der Waals surface area contributed by atoms with Crippen LogP contribution in [0.25, 0.3) is 11.1 Å². The minimum Gasteiger partial charge on any atom is -0.340 e. The van der Waals surface area contributed by atoms with Crippen molar-refractivity contribution >= 4 is 17.9 Å². The smallest absolute Gasteiger partial charge is 0.264 e. The molecule has 0 bridgehead atoms. The van der Waals surface area contributed by atoms with Crippen molar-refractivity contribution < 1.29 is 13.6 Å². The molecule has 0 radical (unpaired) electrons. The van der Waals surface area contributed by atoms with Gasteiger partial charge in [0.2, 0.25) is 6.41 Å². The average Bonchev–Trinajstić information content (AvgIpc) is 3.58. The minimum atomic E-state index is -2.60. The number of aryl methyl sites for hydroxylation is 2. The van der Waals surface area contributed by atoms with E-state index >= 15 is 0 Å². The van der Waals surface area contributed by atoms with Crippen LogP contribution in [-0.4, -0.2) is 44.4 Å². The van der Waals surface area contributed by atoms with E-state index in [1.54, 1.807) is 35.1 Å². The van der Waals surface area contributed by atoms with Gasteiger partial charge in [-0.05, 0) is 36.1 Å². The Morgan fingerprint density at radius 2 is 1.84 bits per heavy atom. The van der Waals surface area contributed by atoms with Crippen molar-refractivity contribution in [2.45, 2.75) is 85.6 Å². The number of rotatable bonds is 7. The van der Waals surface area contributed by atoms with Crippen LogP contribution in [0.1, 0.15) is 88.6 Å². The fourth-order valence-corrected chi connectivity index (χ4v) is 4.97. The summed E-state index contributed by atoms with van der Waals surface area (Å²) in [5.74, 6) is 0.729. The Labute approximate surface area is 225 Å². The molecule has 1 aromatic carbocycles. The zero-order valence-corrected chi connectivity index (χ0v) is 23.4. The summed E-state index contributed by atoms with van der Waals surface area (Å²) >= 11 is 0. The number of carbonyl (C=O) groups is 1. The Morgan fingerprint density at radius 3 is 2.45 bits per heavy atom. The van der Waals surface area contributed by atoms with Gasteiger partial charge in [-0.3, -0.25) is 14.6 Å². The number of carbonyl (C=O) groups excluding carboxylic acids is 1. The lowest BCUT2D eigenvalue weighted by Crippen LogP contribution is -2.31. The first-order chi connectivity index (χ1) is 18.5. The van der Waals surface area contributed by atoms with Crippen LogP contribution in [0, 0.1) is 0 Å². The zero-order valence-electron chi connectivity index (χ0n) is 23.4. The number of amides is 1. The largest absolute Gasteiger partial charge is 0.340 e. The van der Waals surface area contributed by atoms with E-state index in [0.29, 0.717) is 37.2 Å². The number of nitrogens with one attached hydrogen (secondary N) is 1. The lowest BCUT2D eigenvalue weighted by Gasteiger charge is -2.33. The number of anilines is 2. The van der Waals surface area contributed by atoms with Gasteiger partial charge in [-0.15, -0.1) is 0 Å². The summed E-state index contributed by atoms with van der Waals surface area (Å²) in [7, 11) is 1.77. The van der Waals surface area contributed by atoms with E-state index in [2.05, 4.69) is 29.1 Å². The molecule has 0 aliphatic carbocycles. The SMILES string of the molecule is CC.CCCCCC.Cn1cc(-c2cc3c(cc2C(F)F)N(c2n[nH]c4c2CN(C=O)CC4)CCC3)cn1. The highest BCUT2D eigenvalue weighted by Gasteiger charge is 2.29. The van der Waals surface area contributed by atoms with Crippen molar-refractivity contribution in [2.24, 2.45) is 7.05 Å². The van der Waals surface area contributed by atoms with E-state index < -0.39 is 6.43 Å².